The van der Waals surface area contributed by atoms with Gasteiger partial charge >= 0.3 is 6.03 Å². The molecule has 5 rings (SSSR count). The average Bonchev–Trinajstić information content (AvgIpc) is 3.52. The van der Waals surface area contributed by atoms with Gasteiger partial charge in [0.15, 0.2) is 0 Å². The van der Waals surface area contributed by atoms with Gasteiger partial charge in [0, 0.05) is 16.6 Å². The first-order valence-corrected chi connectivity index (χ1v) is 12.6. The number of hydrogen-bond donors (Lipinski definition) is 3. The summed E-state index contributed by atoms with van der Waals surface area (Å²) < 4.78 is 5.88. The van der Waals surface area contributed by atoms with E-state index in [0.717, 1.165) is 49.9 Å². The van der Waals surface area contributed by atoms with E-state index in [1.54, 1.807) is 24.6 Å². The number of benzene rings is 2. The van der Waals surface area contributed by atoms with Crippen LogP contribution in [0.2, 0.25) is 0 Å². The molecule has 1 aromatic heterocycles. The number of rotatable bonds is 4. The zero-order valence-corrected chi connectivity index (χ0v) is 19.8. The summed E-state index contributed by atoms with van der Waals surface area (Å²) in [4.78, 5) is 12.9. The lowest BCUT2D eigenvalue weighted by molar-refractivity contribution is 0.0711. The summed E-state index contributed by atoms with van der Waals surface area (Å²) in [5, 5.41) is 25.1. The first kappa shape index (κ1) is 22.0. The number of anilines is 1. The van der Waals surface area contributed by atoms with E-state index in [-0.39, 0.29) is 0 Å². The molecule has 4 N–H and O–H groups in total. The van der Waals surface area contributed by atoms with E-state index in [9.17, 15) is 9.90 Å². The Morgan fingerprint density at radius 1 is 1.09 bits per heavy atom. The fourth-order valence-corrected chi connectivity index (χ4v) is 5.61. The number of aliphatic hydroxyl groups is 1. The number of urea groups is 1. The normalized spacial score (nSPS) is 16.0. The summed E-state index contributed by atoms with van der Waals surface area (Å²) in [6.45, 7) is 3.39. The number of nitrogens with two attached hydrogens (primary N) is 1. The third-order valence-corrected chi connectivity index (χ3v) is 7.41. The van der Waals surface area contributed by atoms with Crippen molar-refractivity contribution in [2.45, 2.75) is 63.0 Å². The Hall–Kier alpha value is -2.81. The smallest absolute Gasteiger partial charge is 0.352 e. The molecular formula is C25H29N5O2S. The van der Waals surface area contributed by atoms with Crippen LogP contribution in [0.4, 0.5) is 10.5 Å². The van der Waals surface area contributed by atoms with Crippen molar-refractivity contribution in [1.82, 2.24) is 9.78 Å². The lowest BCUT2D eigenvalue weighted by Crippen LogP contribution is -2.20. The second kappa shape index (κ2) is 8.52. The lowest BCUT2D eigenvalue weighted by atomic mass is 9.99. The van der Waals surface area contributed by atoms with Gasteiger partial charge in [0.05, 0.1) is 11.4 Å². The summed E-state index contributed by atoms with van der Waals surface area (Å²) in [5.74, 6) is 0. The molecule has 172 valence electrons. The highest BCUT2D eigenvalue weighted by atomic mass is 32.2. The van der Waals surface area contributed by atoms with Crippen LogP contribution in [-0.4, -0.2) is 20.9 Å². The topological polar surface area (TPSA) is 106 Å². The van der Waals surface area contributed by atoms with Gasteiger partial charge in [0.2, 0.25) is 0 Å². The van der Waals surface area contributed by atoms with Crippen molar-refractivity contribution < 1.29 is 9.90 Å². The van der Waals surface area contributed by atoms with Gasteiger partial charge in [-0.3, -0.25) is 5.14 Å². The molecule has 2 amide bonds. The van der Waals surface area contributed by atoms with Gasteiger partial charge in [-0.25, -0.2) is 9.48 Å². The number of aromatic nitrogens is 2. The summed E-state index contributed by atoms with van der Waals surface area (Å²) in [6, 6.07) is 13.1. The van der Waals surface area contributed by atoms with Crippen molar-refractivity contribution in [2.75, 3.05) is 5.32 Å². The van der Waals surface area contributed by atoms with Gasteiger partial charge in [-0.2, -0.15) is 5.10 Å². The third kappa shape index (κ3) is 4.26. The van der Waals surface area contributed by atoms with Gasteiger partial charge < -0.3 is 10.4 Å². The lowest BCUT2D eigenvalue weighted by Gasteiger charge is -2.18. The Kier molecular flexibility index (Phi) is 5.68. The fraction of sp³-hybridized carbons (Fsp3) is 0.360. The van der Waals surface area contributed by atoms with Gasteiger partial charge in [-0.05, 0) is 92.8 Å². The molecule has 1 heterocycles. The molecule has 0 radical (unpaired) electrons. The second-order valence-electron chi connectivity index (χ2n) is 9.24. The number of nitrogens with zero attached hydrogens (tertiary/aromatic N) is 3. The predicted octanol–water partition coefficient (Wildman–Crippen LogP) is 4.34. The average molecular weight is 464 g/mol. The summed E-state index contributed by atoms with van der Waals surface area (Å²) in [7, 11) is -1.26. The number of amides is 2. The number of fused-ring (bicyclic) bond motifs is 2. The van der Waals surface area contributed by atoms with E-state index in [1.807, 2.05) is 30.3 Å². The van der Waals surface area contributed by atoms with Gasteiger partial charge in [-0.1, -0.05) is 24.3 Å². The molecule has 1 atom stereocenters. The Labute approximate surface area is 196 Å². The molecule has 2 aromatic carbocycles. The first-order chi connectivity index (χ1) is 15.8. The maximum atomic E-state index is 12.9. The fourth-order valence-electron chi connectivity index (χ4n) is 4.90. The van der Waals surface area contributed by atoms with E-state index < -0.39 is 22.5 Å². The van der Waals surface area contributed by atoms with Crippen LogP contribution in [0.1, 0.15) is 54.6 Å². The summed E-state index contributed by atoms with van der Waals surface area (Å²) >= 11 is 0. The predicted molar refractivity (Wildman–Crippen MR) is 131 cm³/mol. The van der Waals surface area contributed by atoms with Crippen molar-refractivity contribution >= 4 is 22.6 Å². The quantitative estimate of drug-likeness (QED) is 0.535. The Bertz CT molecular complexity index is 1230. The molecule has 8 heteroatoms. The van der Waals surface area contributed by atoms with Crippen molar-refractivity contribution in [3.05, 3.63) is 70.4 Å². The first-order valence-electron chi connectivity index (χ1n) is 11.4. The monoisotopic (exact) mass is 463 g/mol. The van der Waals surface area contributed by atoms with Gasteiger partial charge in [-0.15, -0.1) is 4.36 Å². The van der Waals surface area contributed by atoms with Gasteiger partial charge in [0.25, 0.3) is 0 Å². The molecule has 0 saturated carbocycles. The van der Waals surface area contributed by atoms with E-state index >= 15 is 0 Å². The van der Waals surface area contributed by atoms with E-state index in [0.29, 0.717) is 10.7 Å². The van der Waals surface area contributed by atoms with E-state index in [4.69, 9.17) is 5.14 Å². The molecule has 0 bridgehead atoms. The molecule has 33 heavy (non-hydrogen) atoms. The second-order valence-corrected chi connectivity index (χ2v) is 10.5. The van der Waals surface area contributed by atoms with Crippen LogP contribution in [0, 0.1) is 0 Å². The van der Waals surface area contributed by atoms with Crippen molar-refractivity contribution in [1.29, 1.82) is 0 Å². The highest BCUT2D eigenvalue weighted by Gasteiger charge is 2.26. The van der Waals surface area contributed by atoms with E-state index in [2.05, 4.69) is 20.8 Å². The number of hydrogen-bond acceptors (Lipinski definition) is 3. The number of nitrogens with one attached hydrogen (secondary N) is 1. The minimum absolute atomic E-state index is 0.450. The van der Waals surface area contributed by atoms with Crippen LogP contribution in [0.25, 0.3) is 5.69 Å². The number of para-hydroxylation sites is 1. The zero-order valence-electron chi connectivity index (χ0n) is 19.0. The standard InChI is InChI=1S/C25H29N5O2S/c1-25(2,32)21-15-22(28-30(21)18-10-4-3-5-11-18)33(26)29-24(31)27-23-19-12-6-8-16(19)14-17-9-7-13-20(17)23/h3-5,10-11,14-15,32H,6-9,12-13H2,1-2H3,(H3,26,27,29,31). The molecule has 0 fully saturated rings. The van der Waals surface area contributed by atoms with Crippen LogP contribution in [0.5, 0.6) is 0 Å². The largest absolute Gasteiger partial charge is 0.384 e. The molecular weight excluding hydrogens is 434 g/mol. The maximum Gasteiger partial charge on any atom is 0.352 e. The van der Waals surface area contributed by atoms with Crippen LogP contribution < -0.4 is 10.5 Å². The highest BCUT2D eigenvalue weighted by Crippen LogP contribution is 2.38. The van der Waals surface area contributed by atoms with E-state index in [1.165, 1.54) is 22.3 Å². The summed E-state index contributed by atoms with van der Waals surface area (Å²) in [5.41, 5.74) is 6.43. The highest BCUT2D eigenvalue weighted by molar-refractivity contribution is 7.85. The minimum atomic E-state index is -1.26. The molecule has 1 unspecified atom stereocenters. The zero-order chi connectivity index (χ0) is 23.2. The van der Waals surface area contributed by atoms with Crippen molar-refractivity contribution in [3.8, 4) is 5.69 Å². The van der Waals surface area contributed by atoms with Crippen LogP contribution >= 0.6 is 0 Å². The molecule has 0 aliphatic heterocycles. The molecule has 7 nitrogen and oxygen atoms in total. The van der Waals surface area contributed by atoms with Crippen LogP contribution in [0.15, 0.2) is 51.9 Å². The third-order valence-electron chi connectivity index (χ3n) is 6.42. The molecule has 2 aliphatic carbocycles. The summed E-state index contributed by atoms with van der Waals surface area (Å²) in [6.07, 6.45) is 6.36. The van der Waals surface area contributed by atoms with Crippen LogP contribution in [-0.2, 0) is 42.2 Å². The number of aryl methyl sites for hydroxylation is 2. The SMILES string of the molecule is CC(C)(O)c1cc(S(N)=NC(=O)Nc2c3c(cc4c2CCC4)CCC3)nn1-c1ccccc1. The Morgan fingerprint density at radius 2 is 1.73 bits per heavy atom. The number of carbonyl (C=O) groups excluding carboxylic acids is 1. The van der Waals surface area contributed by atoms with Gasteiger partial charge in [0.1, 0.15) is 10.6 Å². The molecule has 3 aromatic rings. The van der Waals surface area contributed by atoms with Crippen molar-refractivity contribution in [2.24, 2.45) is 9.50 Å². The molecule has 0 spiro atoms. The maximum absolute atomic E-state index is 12.9. The van der Waals surface area contributed by atoms with Crippen LogP contribution in [0.3, 0.4) is 0 Å². The Morgan fingerprint density at radius 3 is 2.33 bits per heavy atom. The van der Waals surface area contributed by atoms with Crippen molar-refractivity contribution in [3.63, 3.8) is 0 Å². The molecule has 2 aliphatic rings. The number of carbonyl (C=O) groups is 1. The Balaban J connectivity index is 1.46. The minimum Gasteiger partial charge on any atom is -0.384 e. The molecule has 0 saturated heterocycles.